The third-order valence-electron chi connectivity index (χ3n) is 6.60. The molecule has 1 aliphatic heterocycles. The topological polar surface area (TPSA) is 109 Å². The van der Waals surface area contributed by atoms with Gasteiger partial charge in [0.15, 0.2) is 11.5 Å². The lowest BCUT2D eigenvalue weighted by Crippen LogP contribution is -2.30. The van der Waals surface area contributed by atoms with Gasteiger partial charge >= 0.3 is 0 Å². The molecule has 5 rings (SSSR count). The van der Waals surface area contributed by atoms with Crippen molar-refractivity contribution < 1.29 is 24.2 Å². The predicted octanol–water partition coefficient (Wildman–Crippen LogP) is 3.76. The van der Waals surface area contributed by atoms with Gasteiger partial charge in [0.2, 0.25) is 5.91 Å². The number of para-hydroxylation sites is 1. The average Bonchev–Trinajstić information content (AvgIpc) is 3.62. The fraction of sp³-hybridized carbons (Fsp3) is 0.200. The van der Waals surface area contributed by atoms with Crippen LogP contribution in [-0.2, 0) is 9.59 Å². The number of carbonyl (C=O) groups excluding carboxylic acids is 2. The third-order valence-corrected chi connectivity index (χ3v) is 6.60. The molecule has 3 aromatic carbocycles. The van der Waals surface area contributed by atoms with Crippen molar-refractivity contribution in [2.24, 2.45) is 5.10 Å². The van der Waals surface area contributed by atoms with E-state index in [1.54, 1.807) is 25.0 Å². The van der Waals surface area contributed by atoms with Crippen molar-refractivity contribution in [2.45, 2.75) is 25.3 Å². The van der Waals surface area contributed by atoms with E-state index in [-0.39, 0.29) is 6.42 Å². The quantitative estimate of drug-likeness (QED) is 0.331. The van der Waals surface area contributed by atoms with Gasteiger partial charge < -0.3 is 19.4 Å². The van der Waals surface area contributed by atoms with E-state index in [9.17, 15) is 14.7 Å². The molecule has 0 saturated carbocycles. The summed E-state index contributed by atoms with van der Waals surface area (Å²) < 4.78 is 12.6. The molecule has 0 bridgehead atoms. The highest BCUT2D eigenvalue weighted by Gasteiger charge is 2.36. The van der Waals surface area contributed by atoms with Crippen LogP contribution in [0.1, 0.15) is 36.4 Å². The van der Waals surface area contributed by atoms with Gasteiger partial charge in [-0.05, 0) is 36.8 Å². The summed E-state index contributed by atoms with van der Waals surface area (Å²) in [5.41, 5.74) is 4.70. The smallest absolute Gasteiger partial charge is 0.243 e. The molecule has 0 aliphatic carbocycles. The minimum absolute atomic E-state index is 0.227. The SMILES string of the molecule is COc1ccc(C2=NN(C(=O)CCC(=O)[O-])C(c3cn(-c4ccccc4)nc3-c3ccccc3)C2)cc1OC. The van der Waals surface area contributed by atoms with Crippen LogP contribution in [0.5, 0.6) is 11.5 Å². The van der Waals surface area contributed by atoms with Crippen LogP contribution in [-0.4, -0.2) is 46.6 Å². The summed E-state index contributed by atoms with van der Waals surface area (Å²) in [5, 5.41) is 22.1. The molecule has 9 nitrogen and oxygen atoms in total. The number of hydrazone groups is 1. The molecule has 1 atom stereocenters. The van der Waals surface area contributed by atoms with Gasteiger partial charge in [0.25, 0.3) is 0 Å². The van der Waals surface area contributed by atoms with Crippen molar-refractivity contribution in [1.82, 2.24) is 14.8 Å². The summed E-state index contributed by atoms with van der Waals surface area (Å²) in [6.45, 7) is 0. The van der Waals surface area contributed by atoms with E-state index in [0.29, 0.717) is 29.3 Å². The summed E-state index contributed by atoms with van der Waals surface area (Å²) in [6, 6.07) is 24.4. The lowest BCUT2D eigenvalue weighted by atomic mass is 9.96. The number of hydrogen-bond donors (Lipinski definition) is 0. The number of aromatic nitrogens is 2. The molecule has 0 fully saturated rings. The Bertz CT molecular complexity index is 1520. The Morgan fingerprint density at radius 3 is 2.26 bits per heavy atom. The summed E-state index contributed by atoms with van der Waals surface area (Å²) in [6.07, 6.45) is 1.69. The van der Waals surface area contributed by atoms with Gasteiger partial charge in [0.1, 0.15) is 0 Å². The lowest BCUT2D eigenvalue weighted by molar-refractivity contribution is -0.305. The van der Waals surface area contributed by atoms with Gasteiger partial charge in [-0.25, -0.2) is 9.69 Å². The molecule has 4 aromatic rings. The van der Waals surface area contributed by atoms with Crippen molar-refractivity contribution in [3.63, 3.8) is 0 Å². The molecule has 198 valence electrons. The molecule has 1 aliphatic rings. The van der Waals surface area contributed by atoms with E-state index in [4.69, 9.17) is 19.7 Å². The van der Waals surface area contributed by atoms with E-state index in [1.807, 2.05) is 79.0 Å². The van der Waals surface area contributed by atoms with Gasteiger partial charge in [-0.1, -0.05) is 48.5 Å². The van der Waals surface area contributed by atoms with Crippen molar-refractivity contribution in [3.05, 3.63) is 96.2 Å². The standard InChI is InChI=1S/C30H28N4O5/c1-38-26-14-13-21(17-27(26)39-2)24-18-25(34(31-24)28(35)15-16-29(36)37)23-19-33(22-11-7-4-8-12-22)32-30(23)20-9-5-3-6-10-20/h3-14,17,19,25H,15-16,18H2,1-2H3,(H,36,37)/p-1. The average molecular weight is 524 g/mol. The Morgan fingerprint density at radius 2 is 1.59 bits per heavy atom. The number of aliphatic carboxylic acids is 1. The van der Waals surface area contributed by atoms with Crippen LogP contribution in [0, 0.1) is 0 Å². The van der Waals surface area contributed by atoms with Gasteiger partial charge in [0, 0.05) is 41.7 Å². The van der Waals surface area contributed by atoms with Gasteiger partial charge in [-0.15, -0.1) is 0 Å². The monoisotopic (exact) mass is 523 g/mol. The van der Waals surface area contributed by atoms with Crippen molar-refractivity contribution in [1.29, 1.82) is 0 Å². The molecular formula is C30H27N4O5-. The highest BCUT2D eigenvalue weighted by Crippen LogP contribution is 2.39. The van der Waals surface area contributed by atoms with Crippen LogP contribution in [0.15, 0.2) is 90.2 Å². The minimum atomic E-state index is -1.29. The van der Waals surface area contributed by atoms with E-state index < -0.39 is 24.3 Å². The maximum atomic E-state index is 13.3. The molecule has 0 spiro atoms. The number of hydrogen-bond acceptors (Lipinski definition) is 7. The second kappa shape index (κ2) is 11.2. The zero-order valence-corrected chi connectivity index (χ0v) is 21.6. The number of ether oxygens (including phenoxy) is 2. The van der Waals surface area contributed by atoms with Crippen LogP contribution >= 0.6 is 0 Å². The molecule has 2 heterocycles. The van der Waals surface area contributed by atoms with Crippen molar-refractivity contribution in [2.75, 3.05) is 14.2 Å². The summed E-state index contributed by atoms with van der Waals surface area (Å²) in [4.78, 5) is 24.4. The predicted molar refractivity (Wildman–Crippen MR) is 144 cm³/mol. The molecule has 1 aromatic heterocycles. The number of methoxy groups -OCH3 is 2. The zero-order valence-electron chi connectivity index (χ0n) is 21.6. The number of carbonyl (C=O) groups is 2. The summed E-state index contributed by atoms with van der Waals surface area (Å²) in [5.74, 6) is -0.581. The summed E-state index contributed by atoms with van der Waals surface area (Å²) >= 11 is 0. The van der Waals surface area contributed by atoms with Crippen molar-refractivity contribution in [3.8, 4) is 28.4 Å². The fourth-order valence-corrected chi connectivity index (χ4v) is 4.66. The molecule has 1 amide bonds. The van der Waals surface area contributed by atoms with E-state index in [1.165, 1.54) is 5.01 Å². The first-order chi connectivity index (χ1) is 19.0. The minimum Gasteiger partial charge on any atom is -0.550 e. The molecule has 1 unspecified atom stereocenters. The Balaban J connectivity index is 1.60. The number of amides is 1. The van der Waals surface area contributed by atoms with Gasteiger partial charge in [-0.3, -0.25) is 4.79 Å². The highest BCUT2D eigenvalue weighted by atomic mass is 16.5. The van der Waals surface area contributed by atoms with Crippen LogP contribution in [0.25, 0.3) is 16.9 Å². The largest absolute Gasteiger partial charge is 0.550 e. The van der Waals surface area contributed by atoms with E-state index in [2.05, 4.69) is 0 Å². The Morgan fingerprint density at radius 1 is 0.897 bits per heavy atom. The Labute approximate surface area is 225 Å². The molecule has 9 heteroatoms. The second-order valence-corrected chi connectivity index (χ2v) is 9.03. The molecular weight excluding hydrogens is 496 g/mol. The van der Waals surface area contributed by atoms with Crippen LogP contribution in [0.2, 0.25) is 0 Å². The maximum Gasteiger partial charge on any atom is 0.243 e. The Kier molecular flexibility index (Phi) is 7.40. The molecule has 0 N–H and O–H groups in total. The molecule has 0 radical (unpaired) electrons. The number of carboxylic acids is 1. The zero-order chi connectivity index (χ0) is 27.4. The van der Waals surface area contributed by atoms with Crippen LogP contribution < -0.4 is 14.6 Å². The van der Waals surface area contributed by atoms with Crippen LogP contribution in [0.4, 0.5) is 0 Å². The normalized spacial score (nSPS) is 14.7. The molecule has 0 saturated heterocycles. The first-order valence-corrected chi connectivity index (χ1v) is 12.5. The number of nitrogens with zero attached hydrogens (tertiary/aromatic N) is 4. The van der Waals surface area contributed by atoms with Crippen molar-refractivity contribution >= 4 is 17.6 Å². The third kappa shape index (κ3) is 5.38. The van der Waals surface area contributed by atoms with E-state index in [0.717, 1.165) is 22.4 Å². The molecule has 39 heavy (non-hydrogen) atoms. The Hall–Kier alpha value is -4.92. The number of carboxylic acid groups (broad SMARTS) is 1. The van der Waals surface area contributed by atoms with Gasteiger partial charge in [-0.2, -0.15) is 10.2 Å². The van der Waals surface area contributed by atoms with E-state index >= 15 is 0 Å². The van der Waals surface area contributed by atoms with Gasteiger partial charge in [0.05, 0.1) is 37.4 Å². The summed E-state index contributed by atoms with van der Waals surface area (Å²) in [7, 11) is 3.12. The first kappa shape index (κ1) is 25.7. The second-order valence-electron chi connectivity index (χ2n) is 9.03. The van der Waals surface area contributed by atoms with Crippen LogP contribution in [0.3, 0.4) is 0 Å². The first-order valence-electron chi connectivity index (χ1n) is 12.5. The lowest BCUT2D eigenvalue weighted by Gasteiger charge is -2.22. The number of rotatable bonds is 9. The number of benzene rings is 3. The fourth-order valence-electron chi connectivity index (χ4n) is 4.66. The maximum absolute atomic E-state index is 13.3. The highest BCUT2D eigenvalue weighted by molar-refractivity contribution is 6.04.